The maximum atomic E-state index is 13.6. The van der Waals surface area contributed by atoms with Crippen molar-refractivity contribution in [2.75, 3.05) is 18.1 Å². The largest absolute Gasteiger partial charge is 0.507 e. The predicted octanol–water partition coefficient (Wildman–Crippen LogP) is 7.37. The molecule has 2 heterocycles. The zero-order chi connectivity index (χ0) is 31.5. The molecular formula is C34H40N2O6S. The van der Waals surface area contributed by atoms with Crippen molar-refractivity contribution in [1.29, 1.82) is 0 Å². The Balaban J connectivity index is 1.80. The number of aliphatic hydroxyl groups is 1. The van der Waals surface area contributed by atoms with Crippen molar-refractivity contribution < 1.29 is 29.0 Å². The lowest BCUT2D eigenvalue weighted by atomic mass is 9.85. The highest BCUT2D eigenvalue weighted by Gasteiger charge is 2.48. The van der Waals surface area contributed by atoms with Gasteiger partial charge in [0.2, 0.25) is 0 Å². The number of thiazole rings is 1. The van der Waals surface area contributed by atoms with E-state index in [0.29, 0.717) is 29.2 Å². The number of aryl methyl sites for hydroxylation is 1. The zero-order valence-electron chi connectivity index (χ0n) is 25.9. The number of rotatable bonds is 10. The van der Waals surface area contributed by atoms with Crippen LogP contribution in [-0.2, 0) is 19.7 Å². The number of anilines is 1. The van der Waals surface area contributed by atoms with Crippen molar-refractivity contribution in [1.82, 2.24) is 4.98 Å². The molecule has 9 heteroatoms. The maximum absolute atomic E-state index is 13.6. The second-order valence-corrected chi connectivity index (χ2v) is 13.1. The molecule has 0 aliphatic carbocycles. The maximum Gasteiger partial charge on any atom is 0.350 e. The molecule has 1 aliphatic heterocycles. The van der Waals surface area contributed by atoms with Gasteiger partial charge in [-0.1, -0.05) is 83.6 Å². The van der Waals surface area contributed by atoms with Crippen molar-refractivity contribution in [3.63, 3.8) is 0 Å². The summed E-state index contributed by atoms with van der Waals surface area (Å²) in [5, 5.41) is 11.7. The summed E-state index contributed by atoms with van der Waals surface area (Å²) in [7, 11) is 0. The number of hydrogen-bond donors (Lipinski definition) is 1. The molecule has 2 aromatic carbocycles. The molecule has 1 saturated heterocycles. The third-order valence-corrected chi connectivity index (χ3v) is 8.29. The van der Waals surface area contributed by atoms with E-state index in [0.717, 1.165) is 29.7 Å². The number of benzene rings is 2. The zero-order valence-corrected chi connectivity index (χ0v) is 26.7. The van der Waals surface area contributed by atoms with Crippen LogP contribution in [0.3, 0.4) is 0 Å². The van der Waals surface area contributed by atoms with E-state index in [1.54, 1.807) is 31.2 Å². The Hall–Kier alpha value is -3.98. The Morgan fingerprint density at radius 1 is 1.07 bits per heavy atom. The van der Waals surface area contributed by atoms with E-state index in [1.165, 1.54) is 4.90 Å². The summed E-state index contributed by atoms with van der Waals surface area (Å²) in [4.78, 5) is 46.1. The number of unbranched alkanes of at least 4 members (excludes halogenated alkanes) is 1. The topological polar surface area (TPSA) is 106 Å². The van der Waals surface area contributed by atoms with E-state index in [2.05, 4.69) is 32.7 Å². The first-order valence-electron chi connectivity index (χ1n) is 14.6. The minimum Gasteiger partial charge on any atom is -0.507 e. The Morgan fingerprint density at radius 3 is 2.30 bits per heavy atom. The summed E-state index contributed by atoms with van der Waals surface area (Å²) in [6.07, 6.45) is 1.93. The molecule has 0 radical (unpaired) electrons. The number of aromatic nitrogens is 1. The van der Waals surface area contributed by atoms with Crippen LogP contribution in [0.5, 0.6) is 5.75 Å². The highest BCUT2D eigenvalue weighted by molar-refractivity contribution is 7.17. The van der Waals surface area contributed by atoms with E-state index in [9.17, 15) is 19.5 Å². The molecular weight excluding hydrogens is 564 g/mol. The highest BCUT2D eigenvalue weighted by atomic mass is 32.1. The lowest BCUT2D eigenvalue weighted by molar-refractivity contribution is -0.132. The standard InChI is InChI=1S/C34H40N2O6S/c1-8-9-18-41-25-16-12-23(13-17-25)28(37)26-27(22-10-14-24(15-11-22)34(5,6)7)36(31(39)29(26)38)33-35-21(4)30(43-33)32(40)42-19-20(2)3/h10-17,20,27,37H,8-9,18-19H2,1-7H3/b28-26-. The quantitative estimate of drug-likeness (QED) is 0.0847. The van der Waals surface area contributed by atoms with Crippen molar-refractivity contribution in [2.45, 2.75) is 72.8 Å². The second-order valence-electron chi connectivity index (χ2n) is 12.2. The van der Waals surface area contributed by atoms with Crippen molar-refractivity contribution in [3.05, 3.63) is 81.4 Å². The Labute approximate surface area is 257 Å². The van der Waals surface area contributed by atoms with Gasteiger partial charge in [-0.15, -0.1) is 0 Å². The Kier molecular flexibility index (Phi) is 9.75. The molecule has 43 heavy (non-hydrogen) atoms. The van der Waals surface area contributed by atoms with Crippen LogP contribution in [0.4, 0.5) is 5.13 Å². The van der Waals surface area contributed by atoms with E-state index in [1.807, 2.05) is 38.1 Å². The first-order chi connectivity index (χ1) is 20.3. The number of esters is 1. The van der Waals surface area contributed by atoms with Gasteiger partial charge in [-0.2, -0.15) is 0 Å². The lowest BCUT2D eigenvalue weighted by Crippen LogP contribution is -2.29. The first kappa shape index (κ1) is 31.9. The van der Waals surface area contributed by atoms with Gasteiger partial charge in [-0.3, -0.25) is 14.5 Å². The minimum atomic E-state index is -0.959. The average molecular weight is 605 g/mol. The van der Waals surface area contributed by atoms with Crippen LogP contribution in [0, 0.1) is 12.8 Å². The third-order valence-electron chi connectivity index (χ3n) is 7.16. The van der Waals surface area contributed by atoms with Gasteiger partial charge in [0.05, 0.1) is 30.5 Å². The van der Waals surface area contributed by atoms with Gasteiger partial charge < -0.3 is 14.6 Å². The number of carbonyl (C=O) groups is 3. The average Bonchev–Trinajstić information content (AvgIpc) is 3.47. The van der Waals surface area contributed by atoms with Gasteiger partial charge in [0.15, 0.2) is 5.13 Å². The first-order valence-corrected chi connectivity index (χ1v) is 15.4. The number of nitrogens with zero attached hydrogens (tertiary/aromatic N) is 2. The molecule has 4 rings (SSSR count). The van der Waals surface area contributed by atoms with Crippen molar-refractivity contribution in [3.8, 4) is 5.75 Å². The summed E-state index contributed by atoms with van der Waals surface area (Å²) < 4.78 is 11.2. The van der Waals surface area contributed by atoms with Gasteiger partial charge in [0.25, 0.3) is 5.78 Å². The fourth-order valence-electron chi connectivity index (χ4n) is 4.69. The van der Waals surface area contributed by atoms with Crippen LogP contribution >= 0.6 is 11.3 Å². The molecule has 1 unspecified atom stereocenters. The molecule has 228 valence electrons. The normalized spacial score (nSPS) is 16.7. The van der Waals surface area contributed by atoms with E-state index in [4.69, 9.17) is 9.47 Å². The van der Waals surface area contributed by atoms with E-state index >= 15 is 0 Å². The number of ketones is 1. The van der Waals surface area contributed by atoms with Gasteiger partial charge >= 0.3 is 11.9 Å². The van der Waals surface area contributed by atoms with Gasteiger partial charge in [-0.25, -0.2) is 9.78 Å². The molecule has 0 bridgehead atoms. The highest BCUT2D eigenvalue weighted by Crippen LogP contribution is 2.44. The van der Waals surface area contributed by atoms with Gasteiger partial charge in [0.1, 0.15) is 16.4 Å². The number of ether oxygens (including phenoxy) is 2. The van der Waals surface area contributed by atoms with Crippen LogP contribution < -0.4 is 9.64 Å². The van der Waals surface area contributed by atoms with Gasteiger partial charge in [-0.05, 0) is 60.1 Å². The van der Waals surface area contributed by atoms with Crippen LogP contribution in [0.25, 0.3) is 5.76 Å². The number of carbonyl (C=O) groups excluding carboxylic acids is 3. The molecule has 1 atom stereocenters. The number of aliphatic hydroxyl groups excluding tert-OH is 1. The van der Waals surface area contributed by atoms with E-state index < -0.39 is 23.7 Å². The molecule has 0 saturated carbocycles. The molecule has 1 amide bonds. The SMILES string of the molecule is CCCCOc1ccc(/C(O)=C2/C(=O)C(=O)N(c3nc(C)c(C(=O)OCC(C)C)s3)C2c2ccc(C(C)(C)C)cc2)cc1. The van der Waals surface area contributed by atoms with Crippen LogP contribution in [-0.4, -0.2) is 41.0 Å². The number of Topliss-reactive ketones (excluding diaryl/α,β-unsaturated/α-hetero) is 1. The lowest BCUT2D eigenvalue weighted by Gasteiger charge is -2.24. The fraction of sp³-hybridized carbons (Fsp3) is 0.412. The Morgan fingerprint density at radius 2 is 1.72 bits per heavy atom. The van der Waals surface area contributed by atoms with Crippen molar-refractivity contribution in [2.24, 2.45) is 5.92 Å². The molecule has 1 N–H and O–H groups in total. The summed E-state index contributed by atoms with van der Waals surface area (Å²) >= 11 is 0.996. The molecule has 3 aromatic rings. The third kappa shape index (κ3) is 6.99. The van der Waals surface area contributed by atoms with Crippen LogP contribution in [0.15, 0.2) is 54.1 Å². The number of amides is 1. The minimum absolute atomic E-state index is 0.0510. The van der Waals surface area contributed by atoms with Gasteiger partial charge in [0, 0.05) is 5.56 Å². The predicted molar refractivity (Wildman–Crippen MR) is 169 cm³/mol. The summed E-state index contributed by atoms with van der Waals surface area (Å²) in [6.45, 7) is 14.8. The summed E-state index contributed by atoms with van der Waals surface area (Å²) in [5.74, 6) is -1.68. The molecule has 8 nitrogen and oxygen atoms in total. The number of hydrogen-bond acceptors (Lipinski definition) is 8. The van der Waals surface area contributed by atoms with Crippen molar-refractivity contribution >= 4 is 39.9 Å². The smallest absolute Gasteiger partial charge is 0.350 e. The molecule has 1 fully saturated rings. The monoisotopic (exact) mass is 604 g/mol. The van der Waals surface area contributed by atoms with Crippen LogP contribution in [0.1, 0.15) is 92.5 Å². The summed E-state index contributed by atoms with van der Waals surface area (Å²) in [6, 6.07) is 13.5. The van der Waals surface area contributed by atoms with Crippen LogP contribution in [0.2, 0.25) is 0 Å². The van der Waals surface area contributed by atoms with E-state index in [-0.39, 0.29) is 39.3 Å². The molecule has 1 aromatic heterocycles. The second kappa shape index (κ2) is 13.1. The Bertz CT molecular complexity index is 1510. The summed E-state index contributed by atoms with van der Waals surface area (Å²) in [5.41, 5.74) is 2.32. The molecule has 1 aliphatic rings. The molecule has 0 spiro atoms. The fourth-order valence-corrected chi connectivity index (χ4v) is 5.68.